The van der Waals surface area contributed by atoms with Gasteiger partial charge in [0.2, 0.25) is 0 Å². The molecule has 0 spiro atoms. The first-order chi connectivity index (χ1) is 7.22. The first kappa shape index (κ1) is 10.8. The van der Waals surface area contributed by atoms with Gasteiger partial charge in [-0.25, -0.2) is 4.98 Å². The van der Waals surface area contributed by atoms with Gasteiger partial charge in [0.25, 0.3) is 0 Å². The molecule has 0 unspecified atom stereocenters. The molecule has 0 saturated carbocycles. The van der Waals surface area contributed by atoms with Crippen molar-refractivity contribution in [2.24, 2.45) is 0 Å². The van der Waals surface area contributed by atoms with Gasteiger partial charge in [0.05, 0.1) is 9.92 Å². The van der Waals surface area contributed by atoms with Crippen LogP contribution in [-0.4, -0.2) is 4.98 Å². The van der Waals surface area contributed by atoms with Crippen molar-refractivity contribution in [1.82, 2.24) is 4.98 Å². The van der Waals surface area contributed by atoms with Crippen LogP contribution in [0.4, 0.5) is 0 Å². The normalized spacial score (nSPS) is 11.1. The Hall–Kier alpha value is -0.670. The maximum atomic E-state index is 5.94. The standard InChI is InChI=1S/C11H12ClNOS/c1-2-3-4-9-13-8-6-5-7(12)11(15)10(8)14-9/h5-6,15H,2-4H2,1H3. The number of nitrogens with zero attached hydrogens (tertiary/aromatic N) is 1. The molecule has 0 radical (unpaired) electrons. The smallest absolute Gasteiger partial charge is 0.195 e. The van der Waals surface area contributed by atoms with Crippen LogP contribution >= 0.6 is 24.2 Å². The van der Waals surface area contributed by atoms with E-state index in [9.17, 15) is 0 Å². The van der Waals surface area contributed by atoms with Gasteiger partial charge in [-0.15, -0.1) is 12.6 Å². The van der Waals surface area contributed by atoms with Gasteiger partial charge in [-0.2, -0.15) is 0 Å². The minimum absolute atomic E-state index is 0.601. The van der Waals surface area contributed by atoms with Gasteiger partial charge in [0, 0.05) is 6.42 Å². The Balaban J connectivity index is 2.42. The van der Waals surface area contributed by atoms with Crippen molar-refractivity contribution < 1.29 is 4.42 Å². The molecule has 0 aliphatic rings. The maximum Gasteiger partial charge on any atom is 0.195 e. The molecular formula is C11H12ClNOS. The van der Waals surface area contributed by atoms with Gasteiger partial charge < -0.3 is 4.42 Å². The molecular weight excluding hydrogens is 230 g/mol. The molecule has 1 heterocycles. The van der Waals surface area contributed by atoms with E-state index in [1.807, 2.05) is 6.07 Å². The third-order valence-electron chi connectivity index (χ3n) is 2.27. The van der Waals surface area contributed by atoms with E-state index in [4.69, 9.17) is 16.0 Å². The summed E-state index contributed by atoms with van der Waals surface area (Å²) in [4.78, 5) is 5.05. The first-order valence-electron chi connectivity index (χ1n) is 4.99. The highest BCUT2D eigenvalue weighted by molar-refractivity contribution is 7.80. The van der Waals surface area contributed by atoms with Gasteiger partial charge in [-0.1, -0.05) is 24.9 Å². The Morgan fingerprint density at radius 3 is 3.00 bits per heavy atom. The minimum Gasteiger partial charge on any atom is -0.439 e. The van der Waals surface area contributed by atoms with Crippen LogP contribution in [0.15, 0.2) is 21.4 Å². The second-order valence-corrected chi connectivity index (χ2v) is 4.31. The van der Waals surface area contributed by atoms with Gasteiger partial charge >= 0.3 is 0 Å². The molecule has 2 nitrogen and oxygen atoms in total. The highest BCUT2D eigenvalue weighted by Gasteiger charge is 2.10. The molecule has 0 atom stereocenters. The average molecular weight is 242 g/mol. The number of aromatic nitrogens is 1. The summed E-state index contributed by atoms with van der Waals surface area (Å²) in [6, 6.07) is 3.65. The first-order valence-corrected chi connectivity index (χ1v) is 5.81. The van der Waals surface area contributed by atoms with Crippen LogP contribution < -0.4 is 0 Å². The van der Waals surface area contributed by atoms with Crippen LogP contribution in [0.2, 0.25) is 5.02 Å². The van der Waals surface area contributed by atoms with E-state index in [0.29, 0.717) is 15.5 Å². The van der Waals surface area contributed by atoms with Crippen LogP contribution in [0.25, 0.3) is 11.1 Å². The van der Waals surface area contributed by atoms with Gasteiger partial charge in [0.1, 0.15) is 5.52 Å². The quantitative estimate of drug-likeness (QED) is 0.819. The number of halogens is 1. The van der Waals surface area contributed by atoms with E-state index < -0.39 is 0 Å². The largest absolute Gasteiger partial charge is 0.439 e. The molecule has 1 aromatic carbocycles. The number of unbranched alkanes of at least 4 members (excludes halogenated alkanes) is 1. The Labute approximate surface area is 99.0 Å². The molecule has 0 amide bonds. The summed E-state index contributed by atoms with van der Waals surface area (Å²) in [5, 5.41) is 0.601. The highest BCUT2D eigenvalue weighted by atomic mass is 35.5. The molecule has 15 heavy (non-hydrogen) atoms. The van der Waals surface area contributed by atoms with Crippen molar-refractivity contribution in [3.8, 4) is 0 Å². The van der Waals surface area contributed by atoms with Crippen molar-refractivity contribution in [1.29, 1.82) is 0 Å². The summed E-state index contributed by atoms with van der Waals surface area (Å²) in [6.45, 7) is 2.14. The highest BCUT2D eigenvalue weighted by Crippen LogP contribution is 2.29. The second kappa shape index (κ2) is 4.45. The summed E-state index contributed by atoms with van der Waals surface area (Å²) in [5.41, 5.74) is 1.52. The Bertz CT molecular complexity index is 481. The molecule has 80 valence electrons. The van der Waals surface area contributed by atoms with E-state index in [1.54, 1.807) is 6.07 Å². The van der Waals surface area contributed by atoms with E-state index in [-0.39, 0.29) is 0 Å². The number of hydrogen-bond donors (Lipinski definition) is 1. The number of aryl methyl sites for hydroxylation is 1. The molecule has 2 rings (SSSR count). The van der Waals surface area contributed by atoms with Gasteiger partial charge in [-0.3, -0.25) is 0 Å². The lowest BCUT2D eigenvalue weighted by Crippen LogP contribution is -1.82. The second-order valence-electron chi connectivity index (χ2n) is 3.46. The van der Waals surface area contributed by atoms with E-state index in [2.05, 4.69) is 24.5 Å². The molecule has 0 aliphatic heterocycles. The monoisotopic (exact) mass is 241 g/mol. The number of benzene rings is 1. The molecule has 0 bridgehead atoms. The molecule has 2 aromatic rings. The number of fused-ring (bicyclic) bond motifs is 1. The number of rotatable bonds is 3. The predicted molar refractivity (Wildman–Crippen MR) is 64.9 cm³/mol. The van der Waals surface area contributed by atoms with Crippen molar-refractivity contribution in [3.63, 3.8) is 0 Å². The molecule has 0 saturated heterocycles. The molecule has 1 aromatic heterocycles. The fourth-order valence-electron chi connectivity index (χ4n) is 1.44. The number of oxazole rings is 1. The summed E-state index contributed by atoms with van der Waals surface area (Å²) >= 11 is 10.2. The van der Waals surface area contributed by atoms with Crippen LogP contribution in [0.1, 0.15) is 25.7 Å². The lowest BCUT2D eigenvalue weighted by atomic mass is 10.2. The average Bonchev–Trinajstić information content (AvgIpc) is 2.64. The topological polar surface area (TPSA) is 26.0 Å². The lowest BCUT2D eigenvalue weighted by Gasteiger charge is -1.94. The van der Waals surface area contributed by atoms with E-state index >= 15 is 0 Å². The van der Waals surface area contributed by atoms with Gasteiger partial charge in [-0.05, 0) is 18.6 Å². The zero-order valence-corrected chi connectivity index (χ0v) is 10.1. The Morgan fingerprint density at radius 2 is 2.27 bits per heavy atom. The van der Waals surface area contributed by atoms with E-state index in [1.165, 1.54) is 0 Å². The van der Waals surface area contributed by atoms with Gasteiger partial charge in [0.15, 0.2) is 11.5 Å². The summed E-state index contributed by atoms with van der Waals surface area (Å²) in [5.74, 6) is 0.768. The SMILES string of the molecule is CCCCc1nc2ccc(Cl)c(S)c2o1. The van der Waals surface area contributed by atoms with Crippen molar-refractivity contribution in [2.75, 3.05) is 0 Å². The molecule has 4 heteroatoms. The summed E-state index contributed by atoms with van der Waals surface area (Å²) in [7, 11) is 0. The minimum atomic E-state index is 0.601. The molecule has 0 aliphatic carbocycles. The summed E-state index contributed by atoms with van der Waals surface area (Å²) in [6.07, 6.45) is 3.09. The zero-order chi connectivity index (χ0) is 10.8. The van der Waals surface area contributed by atoms with Crippen molar-refractivity contribution in [2.45, 2.75) is 31.1 Å². The van der Waals surface area contributed by atoms with Crippen LogP contribution in [0, 0.1) is 0 Å². The van der Waals surface area contributed by atoms with Crippen LogP contribution in [0.3, 0.4) is 0 Å². The number of thiol groups is 1. The fraction of sp³-hybridized carbons (Fsp3) is 0.364. The van der Waals surface area contributed by atoms with Crippen molar-refractivity contribution in [3.05, 3.63) is 23.0 Å². The Morgan fingerprint density at radius 1 is 1.47 bits per heavy atom. The lowest BCUT2D eigenvalue weighted by molar-refractivity contribution is 0.513. The number of hydrogen-bond acceptors (Lipinski definition) is 3. The zero-order valence-electron chi connectivity index (χ0n) is 8.46. The molecule has 0 N–H and O–H groups in total. The van der Waals surface area contributed by atoms with Crippen LogP contribution in [-0.2, 0) is 6.42 Å². The fourth-order valence-corrected chi connectivity index (χ4v) is 1.82. The third kappa shape index (κ3) is 2.13. The maximum absolute atomic E-state index is 5.94. The Kier molecular flexibility index (Phi) is 3.22. The van der Waals surface area contributed by atoms with Crippen LogP contribution in [0.5, 0.6) is 0 Å². The third-order valence-corrected chi connectivity index (χ3v) is 3.16. The van der Waals surface area contributed by atoms with Crippen molar-refractivity contribution >= 4 is 35.3 Å². The predicted octanol–water partition coefficient (Wildman–Crippen LogP) is 4.11. The van der Waals surface area contributed by atoms with E-state index in [0.717, 1.165) is 30.7 Å². The molecule has 0 fully saturated rings. The summed E-state index contributed by atoms with van der Waals surface area (Å²) < 4.78 is 5.61.